The van der Waals surface area contributed by atoms with Gasteiger partial charge in [-0.25, -0.2) is 4.98 Å². The summed E-state index contributed by atoms with van der Waals surface area (Å²) in [5.41, 5.74) is 0.149. The Morgan fingerprint density at radius 1 is 1.13 bits per heavy atom. The zero-order valence-corrected chi connectivity index (χ0v) is 23.1. The number of oxime groups is 1. The van der Waals surface area contributed by atoms with Crippen LogP contribution in [0.4, 0.5) is 13.2 Å². The van der Waals surface area contributed by atoms with Crippen LogP contribution in [0.1, 0.15) is 53.1 Å². The van der Waals surface area contributed by atoms with Crippen LogP contribution in [0.2, 0.25) is 15.1 Å². The van der Waals surface area contributed by atoms with E-state index < -0.39 is 40.9 Å². The highest BCUT2D eigenvalue weighted by molar-refractivity contribution is 7.10. The van der Waals surface area contributed by atoms with Crippen LogP contribution >= 0.6 is 46.1 Å². The quantitative estimate of drug-likeness (QED) is 0.324. The number of aromatic nitrogens is 2. The van der Waals surface area contributed by atoms with Crippen molar-refractivity contribution in [3.63, 3.8) is 0 Å². The average molecular weight is 620 g/mol. The van der Waals surface area contributed by atoms with Crippen molar-refractivity contribution >= 4 is 57.8 Å². The highest BCUT2D eigenvalue weighted by atomic mass is 35.5. The van der Waals surface area contributed by atoms with E-state index in [1.165, 1.54) is 11.3 Å². The van der Waals surface area contributed by atoms with E-state index in [1.807, 2.05) is 5.38 Å². The van der Waals surface area contributed by atoms with Crippen LogP contribution in [0.15, 0.2) is 45.8 Å². The first kappa shape index (κ1) is 27.9. The highest BCUT2D eigenvalue weighted by Crippen LogP contribution is 2.39. The summed E-state index contributed by atoms with van der Waals surface area (Å²) in [5, 5.41) is 7.43. The van der Waals surface area contributed by atoms with Crippen LogP contribution in [0.25, 0.3) is 0 Å². The van der Waals surface area contributed by atoms with Gasteiger partial charge >= 0.3 is 6.18 Å². The van der Waals surface area contributed by atoms with E-state index in [-0.39, 0.29) is 5.92 Å². The molecule has 0 aliphatic carbocycles. The zero-order chi connectivity index (χ0) is 27.9. The number of thiazole rings is 1. The Labute approximate surface area is 239 Å². The first-order valence-corrected chi connectivity index (χ1v) is 13.9. The lowest BCUT2D eigenvalue weighted by Gasteiger charge is -2.31. The highest BCUT2D eigenvalue weighted by Gasteiger charge is 2.33. The van der Waals surface area contributed by atoms with Crippen LogP contribution in [0, 0.1) is 0 Å². The molecule has 206 valence electrons. The third kappa shape index (κ3) is 5.96. The van der Waals surface area contributed by atoms with Crippen LogP contribution in [0.5, 0.6) is 0 Å². The molecule has 0 spiro atoms. The van der Waals surface area contributed by atoms with Gasteiger partial charge in [0.1, 0.15) is 17.3 Å². The number of rotatable bonds is 5. The van der Waals surface area contributed by atoms with E-state index in [0.29, 0.717) is 76.2 Å². The molecule has 2 aliphatic heterocycles. The van der Waals surface area contributed by atoms with Crippen molar-refractivity contribution in [3.05, 3.63) is 83.1 Å². The molecular weight excluding hydrogens is 600 g/mol. The number of halogens is 6. The van der Waals surface area contributed by atoms with Gasteiger partial charge in [-0.05, 0) is 31.0 Å². The van der Waals surface area contributed by atoms with Crippen molar-refractivity contribution in [2.75, 3.05) is 13.1 Å². The number of carbonyl (C=O) groups excluding carboxylic acids is 1. The minimum atomic E-state index is -4.69. The summed E-state index contributed by atoms with van der Waals surface area (Å²) < 4.78 is 40.0. The number of carbonyl (C=O) groups is 1. The van der Waals surface area contributed by atoms with Crippen molar-refractivity contribution in [3.8, 4) is 0 Å². The topological polar surface area (TPSA) is 76.8 Å². The minimum Gasteiger partial charge on any atom is -0.387 e. The first-order valence-electron chi connectivity index (χ1n) is 11.9. The molecular formula is C25H20Cl3F3N4O3S. The molecule has 1 saturated heterocycles. The molecule has 5 rings (SSSR count). The van der Waals surface area contributed by atoms with Crippen molar-refractivity contribution in [2.45, 2.75) is 44.0 Å². The number of piperidine rings is 1. The molecule has 1 aromatic carbocycles. The maximum Gasteiger partial charge on any atom is 0.417 e. The van der Waals surface area contributed by atoms with Crippen molar-refractivity contribution in [1.82, 2.24) is 14.5 Å². The van der Waals surface area contributed by atoms with E-state index in [1.54, 1.807) is 23.1 Å². The van der Waals surface area contributed by atoms with E-state index >= 15 is 0 Å². The third-order valence-electron chi connectivity index (χ3n) is 6.68. The normalized spacial score (nSPS) is 18.3. The van der Waals surface area contributed by atoms with Crippen molar-refractivity contribution in [1.29, 1.82) is 0 Å². The Morgan fingerprint density at radius 3 is 2.49 bits per heavy atom. The zero-order valence-electron chi connectivity index (χ0n) is 20.1. The average Bonchev–Trinajstić information content (AvgIpc) is 3.56. The van der Waals surface area contributed by atoms with Gasteiger partial charge in [-0.2, -0.15) is 13.2 Å². The molecule has 1 unspecified atom stereocenters. The van der Waals surface area contributed by atoms with E-state index in [0.717, 1.165) is 5.01 Å². The molecule has 0 saturated carbocycles. The van der Waals surface area contributed by atoms with E-state index in [4.69, 9.17) is 44.6 Å². The number of alkyl halides is 3. The summed E-state index contributed by atoms with van der Waals surface area (Å²) in [4.78, 5) is 36.9. The van der Waals surface area contributed by atoms with Gasteiger partial charge in [0.15, 0.2) is 6.10 Å². The molecule has 1 amide bonds. The largest absolute Gasteiger partial charge is 0.417 e. The predicted molar refractivity (Wildman–Crippen MR) is 143 cm³/mol. The maximum absolute atomic E-state index is 13.1. The molecule has 14 heteroatoms. The van der Waals surface area contributed by atoms with Gasteiger partial charge in [-0.1, -0.05) is 46.0 Å². The van der Waals surface area contributed by atoms with Crippen LogP contribution < -0.4 is 5.56 Å². The summed E-state index contributed by atoms with van der Waals surface area (Å²) in [6, 6.07) is 5.82. The lowest BCUT2D eigenvalue weighted by Crippen LogP contribution is -2.41. The Hall–Kier alpha value is -2.60. The summed E-state index contributed by atoms with van der Waals surface area (Å²) in [5.74, 6) is -0.345. The number of hydrogen-bond donors (Lipinski definition) is 0. The van der Waals surface area contributed by atoms with Crippen LogP contribution in [-0.4, -0.2) is 39.2 Å². The molecule has 0 bridgehead atoms. The number of nitrogens with zero attached hydrogens (tertiary/aromatic N) is 4. The van der Waals surface area contributed by atoms with Crippen LogP contribution in [-0.2, 0) is 22.4 Å². The molecule has 0 radical (unpaired) electrons. The Bertz CT molecular complexity index is 1480. The molecule has 2 aliphatic rings. The molecule has 1 fully saturated rings. The second-order valence-electron chi connectivity index (χ2n) is 9.21. The molecule has 3 aromatic rings. The van der Waals surface area contributed by atoms with Gasteiger partial charge in [-0.15, -0.1) is 11.3 Å². The maximum atomic E-state index is 13.1. The lowest BCUT2D eigenvalue weighted by molar-refractivity contribution is -0.139. The summed E-state index contributed by atoms with van der Waals surface area (Å²) >= 11 is 19.8. The number of pyridine rings is 1. The van der Waals surface area contributed by atoms with Gasteiger partial charge in [0.2, 0.25) is 5.91 Å². The Kier molecular flexibility index (Phi) is 7.96. The second kappa shape index (κ2) is 11.1. The van der Waals surface area contributed by atoms with Crippen LogP contribution in [0.3, 0.4) is 0 Å². The SMILES string of the molecule is O=C(Cn1cc(C(F)(F)F)cc(Cl)c1=O)N1CCC(c2nc(C3=NOC(c4c(Cl)cccc4Cl)C3)cs2)CC1. The molecule has 7 nitrogen and oxygen atoms in total. The number of hydrogen-bond acceptors (Lipinski definition) is 6. The fourth-order valence-electron chi connectivity index (χ4n) is 4.60. The number of benzene rings is 1. The van der Waals surface area contributed by atoms with Crippen molar-refractivity contribution in [2.24, 2.45) is 5.16 Å². The summed E-state index contributed by atoms with van der Waals surface area (Å²) in [6.45, 7) is 0.249. The fraction of sp³-hybridized carbons (Fsp3) is 0.360. The minimum absolute atomic E-state index is 0.107. The Morgan fingerprint density at radius 2 is 1.82 bits per heavy atom. The van der Waals surface area contributed by atoms with Crippen molar-refractivity contribution < 1.29 is 22.8 Å². The predicted octanol–water partition coefficient (Wildman–Crippen LogP) is 6.56. The first-order chi connectivity index (χ1) is 18.5. The summed E-state index contributed by atoms with van der Waals surface area (Å²) in [6.07, 6.45) is -2.75. The van der Waals surface area contributed by atoms with Gasteiger partial charge in [0.05, 0.1) is 16.3 Å². The van der Waals surface area contributed by atoms with Gasteiger partial charge in [0.25, 0.3) is 5.56 Å². The second-order valence-corrected chi connectivity index (χ2v) is 11.3. The number of amides is 1. The van der Waals surface area contributed by atoms with Gasteiger partial charge in [-0.3, -0.25) is 9.59 Å². The smallest absolute Gasteiger partial charge is 0.387 e. The Balaban J connectivity index is 1.19. The van der Waals surface area contributed by atoms with E-state index in [9.17, 15) is 22.8 Å². The fourth-order valence-corrected chi connectivity index (χ4v) is 6.47. The number of likely N-dealkylation sites (tertiary alicyclic amines) is 1. The standard InChI is InChI=1S/C25H20Cl3F3N4O3S/c26-15-2-1-3-16(27)22(15)20-9-18(33-38-20)19-12-39-23(32-19)13-4-6-34(7-5-13)21(36)11-35-10-14(25(29,30)31)8-17(28)24(35)37/h1-3,8,10,12-13,20H,4-7,9,11H2. The molecule has 4 heterocycles. The molecule has 0 N–H and O–H groups in total. The monoisotopic (exact) mass is 618 g/mol. The summed E-state index contributed by atoms with van der Waals surface area (Å²) in [7, 11) is 0. The molecule has 39 heavy (non-hydrogen) atoms. The third-order valence-corrected chi connectivity index (χ3v) is 8.62. The molecule has 2 aromatic heterocycles. The molecule has 1 atom stereocenters. The lowest BCUT2D eigenvalue weighted by atomic mass is 9.97. The van der Waals surface area contributed by atoms with Gasteiger partial charge < -0.3 is 14.3 Å². The van der Waals surface area contributed by atoms with Gasteiger partial charge in [0, 0.05) is 52.6 Å². The van der Waals surface area contributed by atoms with E-state index in [2.05, 4.69) is 5.16 Å².